The molecule has 6 nitrogen and oxygen atoms in total. The molecule has 138 valence electrons. The first-order valence-corrected chi connectivity index (χ1v) is 9.80. The predicted octanol–water partition coefficient (Wildman–Crippen LogP) is 2.56. The number of unbranched alkanes of at least 4 members (excludes halogenated alkanes) is 4. The van der Waals surface area contributed by atoms with Crippen LogP contribution in [0.2, 0.25) is 0 Å². The van der Waals surface area contributed by atoms with E-state index in [9.17, 15) is 14.4 Å². The summed E-state index contributed by atoms with van der Waals surface area (Å²) in [7, 11) is 3.83. The molecule has 0 unspecified atom stereocenters. The van der Waals surface area contributed by atoms with Crippen molar-refractivity contribution < 1.29 is 29.0 Å². The fourth-order valence-corrected chi connectivity index (χ4v) is 1.26. The highest BCUT2D eigenvalue weighted by molar-refractivity contribution is 7.35. The van der Waals surface area contributed by atoms with Gasteiger partial charge >= 0.3 is 11.9 Å². The lowest BCUT2D eigenvalue weighted by Gasteiger charge is -1.96. The third kappa shape index (κ3) is 33.7. The summed E-state index contributed by atoms with van der Waals surface area (Å²) in [6.45, 7) is 4.52. The van der Waals surface area contributed by atoms with E-state index in [-0.39, 0.29) is 18.5 Å². The normalized spacial score (nSPS) is 8.74. The van der Waals surface area contributed by atoms with Gasteiger partial charge in [-0.1, -0.05) is 6.42 Å². The number of hydrogen-bond donors (Lipinski definition) is 1. The third-order valence-electron chi connectivity index (χ3n) is 2.45. The average molecular weight is 352 g/mol. The lowest BCUT2D eigenvalue weighted by molar-refractivity contribution is -0.141. The van der Waals surface area contributed by atoms with Crippen molar-refractivity contribution in [2.45, 2.75) is 51.4 Å². The molecule has 0 aliphatic heterocycles. The standard InChI is InChI=1S/C7H14O3.C7H12O3.C2H7P/c2*1-10-7(9)5-3-2-4-6-8;1-3-2/h8H,2-6H2,1H3;6H,2-5H2,1H3;3H,1-2H3. The van der Waals surface area contributed by atoms with Gasteiger partial charge in [0, 0.05) is 25.9 Å². The SMILES string of the molecule is COC(=O)CCCCC=O.COC(=O)CCCCCO.CPC. The maximum absolute atomic E-state index is 10.5. The Hall–Kier alpha value is -1.00. The molecule has 0 radical (unpaired) electrons. The molecular formula is C16H33O6P. The first-order chi connectivity index (χ1) is 11.0. The van der Waals surface area contributed by atoms with Crippen LogP contribution >= 0.6 is 8.58 Å². The molecule has 0 aromatic carbocycles. The van der Waals surface area contributed by atoms with Crippen LogP contribution in [-0.4, -0.2) is 57.5 Å². The molecule has 0 saturated carbocycles. The predicted molar refractivity (Wildman–Crippen MR) is 94.3 cm³/mol. The quantitative estimate of drug-likeness (QED) is 0.281. The van der Waals surface area contributed by atoms with E-state index in [1.807, 2.05) is 0 Å². The van der Waals surface area contributed by atoms with Crippen LogP contribution in [0, 0.1) is 0 Å². The molecule has 0 fully saturated rings. The number of aldehydes is 1. The van der Waals surface area contributed by atoms with Gasteiger partial charge in [0.1, 0.15) is 6.29 Å². The lowest BCUT2D eigenvalue weighted by atomic mass is 10.2. The molecule has 7 heteroatoms. The Balaban J connectivity index is -0.000000297. The molecule has 0 saturated heterocycles. The van der Waals surface area contributed by atoms with Crippen LogP contribution in [0.5, 0.6) is 0 Å². The molecule has 0 aliphatic carbocycles. The molecule has 0 aliphatic rings. The van der Waals surface area contributed by atoms with Gasteiger partial charge in [-0.05, 0) is 39.0 Å². The zero-order valence-electron chi connectivity index (χ0n) is 14.9. The molecule has 0 amide bonds. The van der Waals surface area contributed by atoms with Gasteiger partial charge in [-0.3, -0.25) is 9.59 Å². The van der Waals surface area contributed by atoms with E-state index < -0.39 is 0 Å². The molecule has 1 N–H and O–H groups in total. The number of aliphatic hydroxyl groups excluding tert-OH is 1. The van der Waals surface area contributed by atoms with Crippen LogP contribution in [0.3, 0.4) is 0 Å². The minimum Gasteiger partial charge on any atom is -0.469 e. The maximum atomic E-state index is 10.5. The number of aliphatic hydroxyl groups is 1. The van der Waals surface area contributed by atoms with Crippen molar-refractivity contribution in [3.63, 3.8) is 0 Å². The Morgan fingerprint density at radius 2 is 1.35 bits per heavy atom. The highest BCUT2D eigenvalue weighted by Crippen LogP contribution is 1.99. The molecule has 0 spiro atoms. The zero-order valence-corrected chi connectivity index (χ0v) is 15.9. The molecule has 0 bridgehead atoms. The van der Waals surface area contributed by atoms with Crippen LogP contribution in [0.15, 0.2) is 0 Å². The number of methoxy groups -OCH3 is 2. The van der Waals surface area contributed by atoms with E-state index in [1.54, 1.807) is 0 Å². The van der Waals surface area contributed by atoms with E-state index in [4.69, 9.17) is 5.11 Å². The average Bonchev–Trinajstić information content (AvgIpc) is 2.56. The Labute approximate surface area is 142 Å². The summed E-state index contributed by atoms with van der Waals surface area (Å²) in [5.41, 5.74) is 0. The Kier molecular flexibility index (Phi) is 30.3. The first kappa shape index (κ1) is 26.9. The number of rotatable bonds is 10. The van der Waals surface area contributed by atoms with Crippen LogP contribution in [0.4, 0.5) is 0 Å². The molecular weight excluding hydrogens is 319 g/mol. The third-order valence-corrected chi connectivity index (χ3v) is 2.45. The fourth-order valence-electron chi connectivity index (χ4n) is 1.26. The zero-order chi connectivity index (χ0) is 18.3. The molecule has 0 aromatic heterocycles. The van der Waals surface area contributed by atoms with Crippen molar-refractivity contribution in [2.24, 2.45) is 0 Å². The van der Waals surface area contributed by atoms with Gasteiger partial charge in [0.05, 0.1) is 14.2 Å². The van der Waals surface area contributed by atoms with Crippen molar-refractivity contribution in [1.29, 1.82) is 0 Å². The van der Waals surface area contributed by atoms with Gasteiger partial charge in [-0.25, -0.2) is 0 Å². The van der Waals surface area contributed by atoms with Gasteiger partial charge in [0.15, 0.2) is 0 Å². The van der Waals surface area contributed by atoms with Crippen molar-refractivity contribution >= 4 is 26.8 Å². The minimum absolute atomic E-state index is 0.169. The van der Waals surface area contributed by atoms with Gasteiger partial charge in [-0.15, -0.1) is 8.58 Å². The second kappa shape index (κ2) is 25.9. The van der Waals surface area contributed by atoms with Crippen LogP contribution < -0.4 is 0 Å². The van der Waals surface area contributed by atoms with Crippen molar-refractivity contribution in [2.75, 3.05) is 34.2 Å². The van der Waals surface area contributed by atoms with Gasteiger partial charge in [0.25, 0.3) is 0 Å². The summed E-state index contributed by atoms with van der Waals surface area (Å²) in [4.78, 5) is 30.8. The maximum Gasteiger partial charge on any atom is 0.305 e. The molecule has 0 aromatic rings. The molecule has 0 heterocycles. The molecule has 23 heavy (non-hydrogen) atoms. The highest BCUT2D eigenvalue weighted by Gasteiger charge is 1.98. The van der Waals surface area contributed by atoms with E-state index in [2.05, 4.69) is 22.8 Å². The number of ether oxygens (including phenoxy) is 2. The van der Waals surface area contributed by atoms with E-state index >= 15 is 0 Å². The van der Waals surface area contributed by atoms with Crippen molar-refractivity contribution in [3.8, 4) is 0 Å². The summed E-state index contributed by atoms with van der Waals surface area (Å²) in [6.07, 6.45) is 6.29. The topological polar surface area (TPSA) is 89.9 Å². The Bertz CT molecular complexity index is 271. The van der Waals surface area contributed by atoms with Crippen LogP contribution in [0.1, 0.15) is 51.4 Å². The first-order valence-electron chi connectivity index (χ1n) is 7.80. The monoisotopic (exact) mass is 352 g/mol. The second-order valence-corrected chi connectivity index (χ2v) is 5.60. The van der Waals surface area contributed by atoms with E-state index in [0.29, 0.717) is 19.3 Å². The molecule has 0 rings (SSSR count). The summed E-state index contributed by atoms with van der Waals surface area (Å²) < 4.78 is 8.83. The number of esters is 2. The second-order valence-electron chi connectivity index (χ2n) is 4.60. The van der Waals surface area contributed by atoms with Gasteiger partial charge in [0.2, 0.25) is 0 Å². The lowest BCUT2D eigenvalue weighted by Crippen LogP contribution is -1.99. The summed E-state index contributed by atoms with van der Waals surface area (Å²) in [5.74, 6) is -0.371. The van der Waals surface area contributed by atoms with Crippen LogP contribution in [-0.2, 0) is 23.9 Å². The smallest absolute Gasteiger partial charge is 0.305 e. The van der Waals surface area contributed by atoms with Crippen molar-refractivity contribution in [1.82, 2.24) is 0 Å². The van der Waals surface area contributed by atoms with E-state index in [0.717, 1.165) is 47.0 Å². The highest BCUT2D eigenvalue weighted by atomic mass is 31.1. The van der Waals surface area contributed by atoms with Gasteiger partial charge in [-0.2, -0.15) is 0 Å². The Morgan fingerprint density at radius 3 is 1.70 bits per heavy atom. The Morgan fingerprint density at radius 1 is 0.913 bits per heavy atom. The number of hydrogen-bond acceptors (Lipinski definition) is 6. The largest absolute Gasteiger partial charge is 0.469 e. The van der Waals surface area contributed by atoms with E-state index in [1.165, 1.54) is 14.2 Å². The van der Waals surface area contributed by atoms with Crippen molar-refractivity contribution in [3.05, 3.63) is 0 Å². The summed E-state index contributed by atoms with van der Waals surface area (Å²) >= 11 is 0. The number of carbonyl (C=O) groups excluding carboxylic acids is 3. The van der Waals surface area contributed by atoms with Gasteiger partial charge < -0.3 is 19.4 Å². The minimum atomic E-state index is -0.203. The summed E-state index contributed by atoms with van der Waals surface area (Å²) in [6, 6.07) is 0. The van der Waals surface area contributed by atoms with Crippen LogP contribution in [0.25, 0.3) is 0 Å². The summed E-state index contributed by atoms with van der Waals surface area (Å²) in [5, 5.41) is 8.37. The number of carbonyl (C=O) groups is 3. The fraction of sp³-hybridized carbons (Fsp3) is 0.812. The molecule has 0 atom stereocenters.